The van der Waals surface area contributed by atoms with E-state index in [1.165, 1.54) is 12.2 Å². The fourth-order valence-corrected chi connectivity index (χ4v) is 0.645. The van der Waals surface area contributed by atoms with E-state index < -0.39 is 6.36 Å². The Hall–Kier alpha value is -1.19. The monoisotopic (exact) mass is 206 g/mol. The van der Waals surface area contributed by atoms with Crippen molar-refractivity contribution in [2.75, 3.05) is 0 Å². The molecule has 4 heteroatoms. The van der Waals surface area contributed by atoms with Crippen LogP contribution in [-0.2, 0) is 4.74 Å². The van der Waals surface area contributed by atoms with Crippen LogP contribution in [-0.4, -0.2) is 6.36 Å². The van der Waals surface area contributed by atoms with Crippen LogP contribution >= 0.6 is 0 Å². The molecule has 0 saturated heterocycles. The van der Waals surface area contributed by atoms with Gasteiger partial charge in [-0.3, -0.25) is 0 Å². The van der Waals surface area contributed by atoms with Gasteiger partial charge in [-0.2, -0.15) is 0 Å². The van der Waals surface area contributed by atoms with E-state index in [1.807, 2.05) is 0 Å². The van der Waals surface area contributed by atoms with E-state index in [1.54, 1.807) is 20.8 Å². The van der Waals surface area contributed by atoms with Crippen molar-refractivity contribution in [3.63, 3.8) is 0 Å². The van der Waals surface area contributed by atoms with Crippen molar-refractivity contribution in [3.8, 4) is 0 Å². The number of allylic oxidation sites excluding steroid dienone is 4. The fraction of sp³-hybridized carbons (Fsp3) is 0.400. The molecule has 0 unspecified atom stereocenters. The molecule has 0 aliphatic heterocycles. The van der Waals surface area contributed by atoms with Crippen molar-refractivity contribution in [2.45, 2.75) is 27.1 Å². The van der Waals surface area contributed by atoms with Crippen LogP contribution in [0.25, 0.3) is 0 Å². The maximum atomic E-state index is 11.9. The van der Waals surface area contributed by atoms with Crippen LogP contribution in [0.4, 0.5) is 13.2 Å². The van der Waals surface area contributed by atoms with E-state index in [4.69, 9.17) is 0 Å². The van der Waals surface area contributed by atoms with E-state index in [0.717, 1.165) is 0 Å². The van der Waals surface area contributed by atoms with Gasteiger partial charge in [0.15, 0.2) is 0 Å². The lowest BCUT2D eigenvalue weighted by Gasteiger charge is -2.11. The first kappa shape index (κ1) is 12.8. The summed E-state index contributed by atoms with van der Waals surface area (Å²) in [6.07, 6.45) is -1.93. The van der Waals surface area contributed by atoms with Gasteiger partial charge < -0.3 is 4.74 Å². The van der Waals surface area contributed by atoms with Crippen LogP contribution in [0, 0.1) is 0 Å². The minimum atomic E-state index is -4.65. The van der Waals surface area contributed by atoms with Gasteiger partial charge in [0, 0.05) is 0 Å². The molecule has 14 heavy (non-hydrogen) atoms. The topological polar surface area (TPSA) is 9.23 Å². The summed E-state index contributed by atoms with van der Waals surface area (Å²) < 4.78 is 39.4. The summed E-state index contributed by atoms with van der Waals surface area (Å²) in [7, 11) is 0. The molecule has 0 aromatic carbocycles. The molecule has 1 nitrogen and oxygen atoms in total. The van der Waals surface area contributed by atoms with Gasteiger partial charge in [-0.05, 0) is 32.4 Å². The third kappa shape index (κ3) is 6.34. The summed E-state index contributed by atoms with van der Waals surface area (Å²) >= 11 is 0. The zero-order valence-electron chi connectivity index (χ0n) is 8.40. The van der Waals surface area contributed by atoms with Gasteiger partial charge in [0.2, 0.25) is 0 Å². The molecule has 80 valence electrons. The number of alkyl halides is 3. The van der Waals surface area contributed by atoms with Crippen molar-refractivity contribution >= 4 is 0 Å². The lowest BCUT2D eigenvalue weighted by Crippen LogP contribution is -2.12. The molecule has 0 bridgehead atoms. The normalized spacial score (nSPS) is 11.6. The summed E-state index contributed by atoms with van der Waals surface area (Å²) in [6.45, 7) is 8.31. The molecule has 0 heterocycles. The molecule has 0 rings (SSSR count). The first-order valence-corrected chi connectivity index (χ1v) is 3.99. The maximum Gasteiger partial charge on any atom is 0.573 e. The summed E-state index contributed by atoms with van der Waals surface area (Å²) in [5.74, 6) is -0.194. The zero-order valence-corrected chi connectivity index (χ0v) is 8.40. The molecular weight excluding hydrogens is 193 g/mol. The second-order valence-electron chi connectivity index (χ2n) is 3.09. The highest BCUT2D eigenvalue weighted by atomic mass is 19.4. The average molecular weight is 206 g/mol. The smallest absolute Gasteiger partial charge is 0.406 e. The zero-order chi connectivity index (χ0) is 11.4. The van der Waals surface area contributed by atoms with Crippen LogP contribution in [0.15, 0.2) is 35.6 Å². The summed E-state index contributed by atoms with van der Waals surface area (Å²) in [5.41, 5.74) is 1.12. The molecule has 0 radical (unpaired) electrons. The highest BCUT2D eigenvalue weighted by molar-refractivity contribution is 5.24. The van der Waals surface area contributed by atoms with Crippen molar-refractivity contribution in [1.29, 1.82) is 0 Å². The Morgan fingerprint density at radius 3 is 1.93 bits per heavy atom. The highest BCUT2D eigenvalue weighted by Gasteiger charge is 2.31. The predicted molar refractivity (Wildman–Crippen MR) is 49.5 cm³/mol. The first-order valence-electron chi connectivity index (χ1n) is 3.99. The number of hydrogen-bond donors (Lipinski definition) is 0. The third-order valence-corrected chi connectivity index (χ3v) is 1.24. The van der Waals surface area contributed by atoms with Gasteiger partial charge >= 0.3 is 6.36 Å². The van der Waals surface area contributed by atoms with Crippen LogP contribution < -0.4 is 0 Å². The second kappa shape index (κ2) is 4.88. The summed E-state index contributed by atoms with van der Waals surface area (Å²) in [4.78, 5) is 0. The fourth-order valence-electron chi connectivity index (χ4n) is 0.645. The minimum Gasteiger partial charge on any atom is -0.406 e. The molecule has 0 N–H and O–H groups in total. The standard InChI is InChI=1S/C10H13F3O/c1-7(2)5-6-9(8(3)4)14-10(11,12)13/h5-6H,1H2,2-4H3/b6-5-. The van der Waals surface area contributed by atoms with Crippen LogP contribution in [0.2, 0.25) is 0 Å². The van der Waals surface area contributed by atoms with Crippen molar-refractivity contribution in [1.82, 2.24) is 0 Å². The van der Waals surface area contributed by atoms with E-state index in [2.05, 4.69) is 11.3 Å². The first-order chi connectivity index (χ1) is 6.22. The largest absolute Gasteiger partial charge is 0.573 e. The van der Waals surface area contributed by atoms with E-state index in [9.17, 15) is 13.2 Å². The van der Waals surface area contributed by atoms with E-state index in [0.29, 0.717) is 11.1 Å². The SMILES string of the molecule is C=C(C)/C=C\C(OC(F)(F)F)=C(C)C. The average Bonchev–Trinajstić information content (AvgIpc) is 1.94. The predicted octanol–water partition coefficient (Wildman–Crippen LogP) is 3.95. The van der Waals surface area contributed by atoms with Crippen LogP contribution in [0.1, 0.15) is 20.8 Å². The van der Waals surface area contributed by atoms with Crippen molar-refractivity contribution in [3.05, 3.63) is 35.6 Å². The van der Waals surface area contributed by atoms with Gasteiger partial charge in [-0.15, -0.1) is 13.2 Å². The Labute approximate surface area is 81.6 Å². The molecule has 0 spiro atoms. The van der Waals surface area contributed by atoms with Gasteiger partial charge in [0.25, 0.3) is 0 Å². The number of rotatable bonds is 3. The Kier molecular flexibility index (Phi) is 4.47. The molecule has 0 aromatic heterocycles. The van der Waals surface area contributed by atoms with Gasteiger partial charge in [-0.1, -0.05) is 18.2 Å². The number of ether oxygens (including phenoxy) is 1. The van der Waals surface area contributed by atoms with Gasteiger partial charge in [0.05, 0.1) is 0 Å². The lowest BCUT2D eigenvalue weighted by atomic mass is 10.2. The van der Waals surface area contributed by atoms with Gasteiger partial charge in [-0.25, -0.2) is 0 Å². The highest BCUT2D eigenvalue weighted by Crippen LogP contribution is 2.23. The summed E-state index contributed by atoms with van der Waals surface area (Å²) in [6, 6.07) is 0. The number of halogens is 3. The Morgan fingerprint density at radius 1 is 1.14 bits per heavy atom. The van der Waals surface area contributed by atoms with Crippen LogP contribution in [0.3, 0.4) is 0 Å². The van der Waals surface area contributed by atoms with Crippen molar-refractivity contribution < 1.29 is 17.9 Å². The molecule has 0 aliphatic carbocycles. The van der Waals surface area contributed by atoms with Crippen molar-refractivity contribution in [2.24, 2.45) is 0 Å². The maximum absolute atomic E-state index is 11.9. The molecule has 0 atom stereocenters. The molecule has 0 fully saturated rings. The molecule has 0 saturated carbocycles. The Morgan fingerprint density at radius 2 is 1.64 bits per heavy atom. The summed E-state index contributed by atoms with van der Waals surface area (Å²) in [5, 5.41) is 0. The lowest BCUT2D eigenvalue weighted by molar-refractivity contribution is -0.303. The third-order valence-electron chi connectivity index (χ3n) is 1.24. The van der Waals surface area contributed by atoms with E-state index >= 15 is 0 Å². The van der Waals surface area contributed by atoms with Gasteiger partial charge in [0.1, 0.15) is 5.76 Å². The molecule has 0 aromatic rings. The number of hydrogen-bond acceptors (Lipinski definition) is 1. The van der Waals surface area contributed by atoms with Crippen LogP contribution in [0.5, 0.6) is 0 Å². The minimum absolute atomic E-state index is 0.194. The Balaban J connectivity index is 4.67. The molecular formula is C10H13F3O. The Bertz CT molecular complexity index is 268. The van der Waals surface area contributed by atoms with E-state index in [-0.39, 0.29) is 5.76 Å². The molecule has 0 amide bonds. The molecule has 0 aliphatic rings. The quantitative estimate of drug-likeness (QED) is 0.501. The second-order valence-corrected chi connectivity index (χ2v) is 3.09.